The van der Waals surface area contributed by atoms with Gasteiger partial charge in [0.1, 0.15) is 0 Å². The third-order valence-electron chi connectivity index (χ3n) is 2.67. The molecule has 0 unspecified atom stereocenters. The third-order valence-corrected chi connectivity index (χ3v) is 3.63. The average molecular weight is 321 g/mol. The number of carbonyl (C=O) groups is 1. The molecule has 1 aromatic carbocycles. The number of aromatic nitrogens is 2. The molecule has 0 saturated heterocycles. The standard InChI is InChI=1S/C14H15N3O4S/c1-20-10-4-3-9(7-11(10)21-2)16-12(18)8-22-13-5-6-15-14(19)17-13/h3-7H,8H2,1-2H3,(H,16,18)(H,15,17,19). The van der Waals surface area contributed by atoms with Gasteiger partial charge in [0, 0.05) is 18.0 Å². The minimum atomic E-state index is -0.440. The van der Waals surface area contributed by atoms with Crippen molar-refractivity contribution < 1.29 is 14.3 Å². The minimum absolute atomic E-state index is 0.161. The van der Waals surface area contributed by atoms with Gasteiger partial charge in [-0.05, 0) is 18.2 Å². The van der Waals surface area contributed by atoms with Crippen LogP contribution in [0.5, 0.6) is 11.5 Å². The highest BCUT2D eigenvalue weighted by molar-refractivity contribution is 7.99. The van der Waals surface area contributed by atoms with E-state index < -0.39 is 5.69 Å². The molecule has 2 N–H and O–H groups in total. The van der Waals surface area contributed by atoms with Crippen LogP contribution in [0.2, 0.25) is 0 Å². The summed E-state index contributed by atoms with van der Waals surface area (Å²) < 4.78 is 10.3. The predicted octanol–water partition coefficient (Wildman–Crippen LogP) is 1.52. The molecule has 1 aromatic heterocycles. The molecule has 2 aromatic rings. The quantitative estimate of drug-likeness (QED) is 0.619. The molecule has 22 heavy (non-hydrogen) atoms. The second-order valence-electron chi connectivity index (χ2n) is 4.15. The summed E-state index contributed by atoms with van der Waals surface area (Å²) in [6.45, 7) is 0. The zero-order chi connectivity index (χ0) is 15.9. The molecule has 0 aliphatic rings. The van der Waals surface area contributed by atoms with E-state index in [9.17, 15) is 9.59 Å². The van der Waals surface area contributed by atoms with E-state index in [1.165, 1.54) is 25.1 Å². The summed E-state index contributed by atoms with van der Waals surface area (Å²) in [5.74, 6) is 1.08. The van der Waals surface area contributed by atoms with Crippen LogP contribution in [0.15, 0.2) is 40.3 Å². The largest absolute Gasteiger partial charge is 0.493 e. The van der Waals surface area contributed by atoms with Crippen molar-refractivity contribution in [2.75, 3.05) is 25.3 Å². The minimum Gasteiger partial charge on any atom is -0.493 e. The Morgan fingerprint density at radius 1 is 1.27 bits per heavy atom. The zero-order valence-electron chi connectivity index (χ0n) is 12.1. The fourth-order valence-electron chi connectivity index (χ4n) is 1.69. The van der Waals surface area contributed by atoms with Gasteiger partial charge in [-0.1, -0.05) is 11.8 Å². The number of aromatic amines is 1. The van der Waals surface area contributed by atoms with Crippen LogP contribution >= 0.6 is 11.8 Å². The molecule has 7 nitrogen and oxygen atoms in total. The summed E-state index contributed by atoms with van der Waals surface area (Å²) in [5, 5.41) is 3.34. The van der Waals surface area contributed by atoms with E-state index in [2.05, 4.69) is 15.3 Å². The number of anilines is 1. The van der Waals surface area contributed by atoms with Gasteiger partial charge < -0.3 is 19.8 Å². The van der Waals surface area contributed by atoms with Crippen LogP contribution in [-0.4, -0.2) is 35.8 Å². The number of ether oxygens (including phenoxy) is 2. The molecule has 0 aliphatic heterocycles. The van der Waals surface area contributed by atoms with E-state index in [0.717, 1.165) is 0 Å². The molecular weight excluding hydrogens is 306 g/mol. The molecule has 1 heterocycles. The van der Waals surface area contributed by atoms with Crippen LogP contribution in [0.25, 0.3) is 0 Å². The maximum absolute atomic E-state index is 11.9. The van der Waals surface area contributed by atoms with Crippen LogP contribution in [0.4, 0.5) is 5.69 Å². The summed E-state index contributed by atoms with van der Waals surface area (Å²) in [4.78, 5) is 29.0. The topological polar surface area (TPSA) is 93.3 Å². The van der Waals surface area contributed by atoms with E-state index in [0.29, 0.717) is 22.2 Å². The Labute approximate surface area is 131 Å². The van der Waals surface area contributed by atoms with E-state index in [4.69, 9.17) is 9.47 Å². The van der Waals surface area contributed by atoms with Crippen molar-refractivity contribution in [3.63, 3.8) is 0 Å². The number of methoxy groups -OCH3 is 2. The Hall–Kier alpha value is -2.48. The van der Waals surface area contributed by atoms with Gasteiger partial charge in [0.25, 0.3) is 0 Å². The highest BCUT2D eigenvalue weighted by atomic mass is 32.2. The molecule has 1 amide bonds. The van der Waals surface area contributed by atoms with Gasteiger partial charge in [-0.3, -0.25) is 4.79 Å². The molecule has 0 saturated carbocycles. The van der Waals surface area contributed by atoms with Crippen LogP contribution < -0.4 is 20.5 Å². The SMILES string of the molecule is COc1ccc(NC(=O)CSc2ccnc(=O)[nH]2)cc1OC. The number of nitrogens with one attached hydrogen (secondary N) is 2. The van der Waals surface area contributed by atoms with E-state index in [1.54, 1.807) is 31.4 Å². The molecule has 0 aliphatic carbocycles. The molecule has 0 atom stereocenters. The lowest BCUT2D eigenvalue weighted by molar-refractivity contribution is -0.113. The molecule has 8 heteroatoms. The van der Waals surface area contributed by atoms with Crippen LogP contribution in [0, 0.1) is 0 Å². The van der Waals surface area contributed by atoms with Crippen molar-refractivity contribution >= 4 is 23.4 Å². The summed E-state index contributed by atoms with van der Waals surface area (Å²) in [6.07, 6.45) is 1.40. The Morgan fingerprint density at radius 3 is 2.73 bits per heavy atom. The summed E-state index contributed by atoms with van der Waals surface area (Å²) in [6, 6.07) is 6.74. The average Bonchev–Trinajstić information content (AvgIpc) is 2.53. The molecule has 0 radical (unpaired) electrons. The first-order valence-corrected chi connectivity index (χ1v) is 7.31. The monoisotopic (exact) mass is 321 g/mol. The number of hydrogen-bond donors (Lipinski definition) is 2. The summed E-state index contributed by atoms with van der Waals surface area (Å²) in [7, 11) is 3.07. The number of benzene rings is 1. The Bertz CT molecular complexity index is 717. The van der Waals surface area contributed by atoms with Gasteiger partial charge >= 0.3 is 5.69 Å². The molecule has 0 fully saturated rings. The second kappa shape index (κ2) is 7.51. The first kappa shape index (κ1) is 15.9. The maximum atomic E-state index is 11.9. The smallest absolute Gasteiger partial charge is 0.345 e. The number of rotatable bonds is 6. The molecule has 116 valence electrons. The van der Waals surface area contributed by atoms with Crippen LogP contribution in [-0.2, 0) is 4.79 Å². The molecule has 0 spiro atoms. The first-order valence-electron chi connectivity index (χ1n) is 6.32. The first-order chi connectivity index (χ1) is 10.6. The number of hydrogen-bond acceptors (Lipinski definition) is 6. The maximum Gasteiger partial charge on any atom is 0.345 e. The number of thioether (sulfide) groups is 1. The highest BCUT2D eigenvalue weighted by Crippen LogP contribution is 2.29. The third kappa shape index (κ3) is 4.26. The Kier molecular flexibility index (Phi) is 5.42. The lowest BCUT2D eigenvalue weighted by Gasteiger charge is -2.10. The van der Waals surface area contributed by atoms with Crippen molar-refractivity contribution in [2.24, 2.45) is 0 Å². The molecule has 2 rings (SSSR count). The molecular formula is C14H15N3O4S. The van der Waals surface area contributed by atoms with Gasteiger partial charge in [-0.2, -0.15) is 0 Å². The lowest BCUT2D eigenvalue weighted by Crippen LogP contribution is -2.15. The van der Waals surface area contributed by atoms with Gasteiger partial charge in [0.2, 0.25) is 5.91 Å². The van der Waals surface area contributed by atoms with Gasteiger partial charge in [0.05, 0.1) is 25.0 Å². The number of carbonyl (C=O) groups excluding carboxylic acids is 1. The fourth-order valence-corrected chi connectivity index (χ4v) is 2.37. The van der Waals surface area contributed by atoms with Gasteiger partial charge in [-0.25, -0.2) is 9.78 Å². The van der Waals surface area contributed by atoms with Gasteiger partial charge in [-0.15, -0.1) is 0 Å². The Balaban J connectivity index is 1.96. The predicted molar refractivity (Wildman–Crippen MR) is 83.8 cm³/mol. The number of amides is 1. The van der Waals surface area contributed by atoms with Crippen LogP contribution in [0.3, 0.4) is 0 Å². The highest BCUT2D eigenvalue weighted by Gasteiger charge is 2.08. The molecule has 0 bridgehead atoms. The van der Waals surface area contributed by atoms with Gasteiger partial charge in [0.15, 0.2) is 11.5 Å². The van der Waals surface area contributed by atoms with Crippen molar-refractivity contribution in [3.05, 3.63) is 40.9 Å². The van der Waals surface area contributed by atoms with Crippen molar-refractivity contribution in [1.29, 1.82) is 0 Å². The number of nitrogens with zero attached hydrogens (tertiary/aromatic N) is 1. The zero-order valence-corrected chi connectivity index (χ0v) is 12.9. The number of H-pyrrole nitrogens is 1. The van der Waals surface area contributed by atoms with Crippen molar-refractivity contribution in [2.45, 2.75) is 5.03 Å². The summed E-state index contributed by atoms with van der Waals surface area (Å²) >= 11 is 1.22. The normalized spacial score (nSPS) is 10.1. The lowest BCUT2D eigenvalue weighted by atomic mass is 10.2. The van der Waals surface area contributed by atoms with Crippen LogP contribution in [0.1, 0.15) is 0 Å². The summed E-state index contributed by atoms with van der Waals surface area (Å²) in [5.41, 5.74) is 0.164. The second-order valence-corrected chi connectivity index (χ2v) is 5.16. The Morgan fingerprint density at radius 2 is 2.05 bits per heavy atom. The van der Waals surface area contributed by atoms with E-state index >= 15 is 0 Å². The van der Waals surface area contributed by atoms with Crippen molar-refractivity contribution in [1.82, 2.24) is 9.97 Å². The van der Waals surface area contributed by atoms with E-state index in [1.807, 2.05) is 0 Å². The fraction of sp³-hybridized carbons (Fsp3) is 0.214. The van der Waals surface area contributed by atoms with Crippen molar-refractivity contribution in [3.8, 4) is 11.5 Å². The van der Waals surface area contributed by atoms with E-state index in [-0.39, 0.29) is 11.7 Å².